The summed E-state index contributed by atoms with van der Waals surface area (Å²) in [6, 6.07) is 15.2. The molecule has 3 rings (SSSR count). The van der Waals surface area contributed by atoms with Gasteiger partial charge in [-0.2, -0.15) is 9.67 Å². The van der Waals surface area contributed by atoms with Gasteiger partial charge in [-0.05, 0) is 36.1 Å². The second kappa shape index (κ2) is 8.03. The summed E-state index contributed by atoms with van der Waals surface area (Å²) in [5.74, 6) is 1.08. The quantitative estimate of drug-likeness (QED) is 0.714. The van der Waals surface area contributed by atoms with E-state index in [2.05, 4.69) is 23.9 Å². The van der Waals surface area contributed by atoms with E-state index in [1.807, 2.05) is 55.5 Å². The molecule has 0 aliphatic heterocycles. The smallest absolute Gasteiger partial charge is 0.326 e. The highest BCUT2D eigenvalue weighted by molar-refractivity contribution is 5.98. The Labute approximate surface area is 159 Å². The number of hydrogen-bond donors (Lipinski definition) is 1. The number of para-hydroxylation sites is 2. The molecule has 6 heteroatoms. The van der Waals surface area contributed by atoms with E-state index in [4.69, 9.17) is 5.73 Å². The molecule has 0 aliphatic rings. The Kier molecular flexibility index (Phi) is 5.54. The molecule has 1 heterocycles. The predicted octanol–water partition coefficient (Wildman–Crippen LogP) is 4.17. The van der Waals surface area contributed by atoms with Gasteiger partial charge in [-0.25, -0.2) is 9.69 Å². The molecule has 0 atom stereocenters. The molecule has 0 aliphatic carbocycles. The molecule has 2 aromatic carbocycles. The number of nitrogens with two attached hydrogens (primary N) is 1. The van der Waals surface area contributed by atoms with E-state index in [9.17, 15) is 4.79 Å². The average Bonchev–Trinajstić information content (AvgIpc) is 3.12. The standard InChI is InChI=1S/C21H25N5O/c1-4-15-11-10-12-16(5-2)19(15)25(20(22)27)21-23-18(6-3)24-26(21)17-13-8-7-9-14-17/h7-14H,4-6H2,1-3H3,(H2,22,27). The number of aromatic nitrogens is 3. The van der Waals surface area contributed by atoms with Crippen LogP contribution in [0.2, 0.25) is 0 Å². The molecule has 0 fully saturated rings. The van der Waals surface area contributed by atoms with Crippen LogP contribution in [-0.4, -0.2) is 20.8 Å². The normalized spacial score (nSPS) is 10.8. The third kappa shape index (κ3) is 3.56. The van der Waals surface area contributed by atoms with Crippen molar-refractivity contribution >= 4 is 17.7 Å². The van der Waals surface area contributed by atoms with Gasteiger partial charge in [-0.15, -0.1) is 5.10 Å². The number of amides is 2. The second-order valence-electron chi connectivity index (χ2n) is 6.23. The molecule has 0 saturated heterocycles. The summed E-state index contributed by atoms with van der Waals surface area (Å²) in [6.45, 7) is 6.12. The summed E-state index contributed by atoms with van der Waals surface area (Å²) >= 11 is 0. The van der Waals surface area contributed by atoms with Crippen LogP contribution in [0.25, 0.3) is 5.69 Å². The van der Waals surface area contributed by atoms with Gasteiger partial charge >= 0.3 is 6.03 Å². The van der Waals surface area contributed by atoms with Gasteiger partial charge < -0.3 is 5.73 Å². The number of anilines is 2. The molecule has 1 aromatic heterocycles. The highest BCUT2D eigenvalue weighted by Crippen LogP contribution is 2.33. The maximum Gasteiger partial charge on any atom is 0.326 e. The largest absolute Gasteiger partial charge is 0.351 e. The Morgan fingerprint density at radius 3 is 2.11 bits per heavy atom. The number of urea groups is 1. The molecule has 0 spiro atoms. The molecular formula is C21H25N5O. The topological polar surface area (TPSA) is 77.0 Å². The molecule has 0 saturated carbocycles. The number of primary amides is 1. The van der Waals surface area contributed by atoms with E-state index in [0.29, 0.717) is 18.2 Å². The highest BCUT2D eigenvalue weighted by atomic mass is 16.2. The first-order valence-electron chi connectivity index (χ1n) is 9.32. The molecule has 0 bridgehead atoms. The van der Waals surface area contributed by atoms with E-state index in [-0.39, 0.29) is 0 Å². The molecule has 0 radical (unpaired) electrons. The van der Waals surface area contributed by atoms with Crippen LogP contribution in [0.4, 0.5) is 16.4 Å². The van der Waals surface area contributed by atoms with Crippen molar-refractivity contribution in [1.29, 1.82) is 0 Å². The van der Waals surface area contributed by atoms with Gasteiger partial charge in [0.2, 0.25) is 5.95 Å². The first-order valence-corrected chi connectivity index (χ1v) is 9.32. The van der Waals surface area contributed by atoms with Crippen LogP contribution in [0, 0.1) is 0 Å². The third-order valence-corrected chi connectivity index (χ3v) is 4.56. The third-order valence-electron chi connectivity index (χ3n) is 4.56. The van der Waals surface area contributed by atoms with Gasteiger partial charge in [0.25, 0.3) is 0 Å². The summed E-state index contributed by atoms with van der Waals surface area (Å²) < 4.78 is 1.69. The van der Waals surface area contributed by atoms with Crippen LogP contribution >= 0.6 is 0 Å². The van der Waals surface area contributed by atoms with Gasteiger partial charge in [0.15, 0.2) is 5.82 Å². The Morgan fingerprint density at radius 1 is 0.963 bits per heavy atom. The number of carbonyl (C=O) groups excluding carboxylic acids is 1. The van der Waals surface area contributed by atoms with Gasteiger partial charge in [0, 0.05) is 6.42 Å². The minimum Gasteiger partial charge on any atom is -0.351 e. The van der Waals surface area contributed by atoms with Gasteiger partial charge in [0.05, 0.1) is 11.4 Å². The van der Waals surface area contributed by atoms with Crippen molar-refractivity contribution in [2.75, 3.05) is 4.90 Å². The molecule has 3 aromatic rings. The van der Waals surface area contributed by atoms with Crippen molar-refractivity contribution in [1.82, 2.24) is 14.8 Å². The molecule has 27 heavy (non-hydrogen) atoms. The van der Waals surface area contributed by atoms with Gasteiger partial charge in [-0.3, -0.25) is 0 Å². The van der Waals surface area contributed by atoms with Crippen molar-refractivity contribution in [2.24, 2.45) is 5.73 Å². The van der Waals surface area contributed by atoms with Crippen molar-refractivity contribution in [3.05, 3.63) is 65.5 Å². The number of nitrogens with zero attached hydrogens (tertiary/aromatic N) is 4. The fourth-order valence-electron chi connectivity index (χ4n) is 3.19. The molecule has 0 unspecified atom stereocenters. The second-order valence-corrected chi connectivity index (χ2v) is 6.23. The van der Waals surface area contributed by atoms with Gasteiger partial charge in [-0.1, -0.05) is 57.2 Å². The Bertz CT molecular complexity index is 911. The van der Waals surface area contributed by atoms with E-state index < -0.39 is 6.03 Å². The van der Waals surface area contributed by atoms with Crippen LogP contribution in [-0.2, 0) is 19.3 Å². The maximum atomic E-state index is 12.6. The molecule has 140 valence electrons. The van der Waals surface area contributed by atoms with Crippen LogP contribution in [0.3, 0.4) is 0 Å². The summed E-state index contributed by atoms with van der Waals surface area (Å²) in [6.07, 6.45) is 2.23. The fourth-order valence-corrected chi connectivity index (χ4v) is 3.19. The van der Waals surface area contributed by atoms with Crippen LogP contribution in [0.1, 0.15) is 37.7 Å². The minimum atomic E-state index is -0.571. The Morgan fingerprint density at radius 2 is 1.59 bits per heavy atom. The molecular weight excluding hydrogens is 338 g/mol. The minimum absolute atomic E-state index is 0.418. The first kappa shape index (κ1) is 18.6. The predicted molar refractivity (Wildman–Crippen MR) is 108 cm³/mol. The van der Waals surface area contributed by atoms with E-state index >= 15 is 0 Å². The lowest BCUT2D eigenvalue weighted by Gasteiger charge is -2.25. The van der Waals surface area contributed by atoms with E-state index in [1.165, 1.54) is 4.90 Å². The van der Waals surface area contributed by atoms with E-state index in [0.717, 1.165) is 35.3 Å². The zero-order chi connectivity index (χ0) is 19.4. The number of hydrogen-bond acceptors (Lipinski definition) is 3. The van der Waals surface area contributed by atoms with Crippen molar-refractivity contribution < 1.29 is 4.79 Å². The van der Waals surface area contributed by atoms with Crippen molar-refractivity contribution in [3.8, 4) is 5.69 Å². The number of benzene rings is 2. The number of rotatable bonds is 6. The van der Waals surface area contributed by atoms with Crippen LogP contribution < -0.4 is 10.6 Å². The summed E-state index contributed by atoms with van der Waals surface area (Å²) in [7, 11) is 0. The SMILES string of the molecule is CCc1nc(N(C(N)=O)c2c(CC)cccc2CC)n(-c2ccccc2)n1. The van der Waals surface area contributed by atoms with Crippen LogP contribution in [0.5, 0.6) is 0 Å². The maximum absolute atomic E-state index is 12.6. The number of aryl methyl sites for hydroxylation is 3. The summed E-state index contributed by atoms with van der Waals surface area (Å²) in [4.78, 5) is 18.7. The fraction of sp³-hybridized carbons (Fsp3) is 0.286. The lowest BCUT2D eigenvalue weighted by molar-refractivity contribution is 0.255. The molecule has 2 N–H and O–H groups in total. The Balaban J connectivity index is 2.27. The lowest BCUT2D eigenvalue weighted by atomic mass is 10.0. The van der Waals surface area contributed by atoms with Crippen molar-refractivity contribution in [3.63, 3.8) is 0 Å². The molecule has 2 amide bonds. The van der Waals surface area contributed by atoms with E-state index in [1.54, 1.807) is 4.68 Å². The summed E-state index contributed by atoms with van der Waals surface area (Å²) in [5.41, 5.74) is 9.59. The number of carbonyl (C=O) groups is 1. The summed E-state index contributed by atoms with van der Waals surface area (Å²) in [5, 5.41) is 4.59. The average molecular weight is 363 g/mol. The first-order chi connectivity index (χ1) is 13.1. The lowest BCUT2D eigenvalue weighted by Crippen LogP contribution is -2.35. The monoisotopic (exact) mass is 363 g/mol. The molecule has 6 nitrogen and oxygen atoms in total. The zero-order valence-electron chi connectivity index (χ0n) is 16.0. The van der Waals surface area contributed by atoms with Gasteiger partial charge in [0.1, 0.15) is 0 Å². The Hall–Kier alpha value is -3.15. The highest BCUT2D eigenvalue weighted by Gasteiger charge is 2.27. The van der Waals surface area contributed by atoms with Crippen LogP contribution in [0.15, 0.2) is 48.5 Å². The zero-order valence-corrected chi connectivity index (χ0v) is 16.0. The van der Waals surface area contributed by atoms with Crippen molar-refractivity contribution in [2.45, 2.75) is 40.0 Å².